The van der Waals surface area contributed by atoms with Crippen molar-refractivity contribution in [1.29, 1.82) is 0 Å². The average Bonchev–Trinajstić information content (AvgIpc) is 2.70. The highest BCUT2D eigenvalue weighted by molar-refractivity contribution is 6.01. The van der Waals surface area contributed by atoms with Gasteiger partial charge in [0.25, 0.3) is 0 Å². The first-order chi connectivity index (χ1) is 8.37. The molecule has 5 atom stereocenters. The molecule has 18 heavy (non-hydrogen) atoms. The van der Waals surface area contributed by atoms with Crippen LogP contribution in [0.3, 0.4) is 0 Å². The Kier molecular flexibility index (Phi) is 1.71. The van der Waals surface area contributed by atoms with E-state index in [1.54, 1.807) is 0 Å². The van der Waals surface area contributed by atoms with E-state index in [4.69, 9.17) is 4.74 Å². The van der Waals surface area contributed by atoms with Crippen LogP contribution >= 0.6 is 0 Å². The second-order valence-corrected chi connectivity index (χ2v) is 7.19. The first kappa shape index (κ1) is 11.2. The van der Waals surface area contributed by atoms with Gasteiger partial charge >= 0.3 is 0 Å². The number of hydrogen-bond acceptors (Lipinski definition) is 3. The Bertz CT molecular complexity index is 508. The number of carbonyl (C=O) groups excluding carboxylic acids is 1. The van der Waals surface area contributed by atoms with Gasteiger partial charge in [-0.1, -0.05) is 19.4 Å². The Morgan fingerprint density at radius 1 is 1.39 bits per heavy atom. The number of fused-ring (bicyclic) bond motifs is 2. The maximum atomic E-state index is 12.6. The summed E-state index contributed by atoms with van der Waals surface area (Å²) in [6.07, 6.45) is 2.33. The molecule has 4 rings (SSSR count). The molecule has 3 heteroatoms. The van der Waals surface area contributed by atoms with Crippen LogP contribution < -0.4 is 0 Å². The number of ketones is 1. The Labute approximate surface area is 107 Å². The zero-order valence-electron chi connectivity index (χ0n) is 11.2. The highest BCUT2D eigenvalue weighted by Gasteiger charge is 2.77. The molecule has 2 saturated carbocycles. The van der Waals surface area contributed by atoms with E-state index >= 15 is 0 Å². The van der Waals surface area contributed by atoms with Crippen molar-refractivity contribution in [2.45, 2.75) is 51.7 Å². The largest absolute Gasteiger partial charge is 0.389 e. The van der Waals surface area contributed by atoms with Crippen molar-refractivity contribution in [1.82, 2.24) is 0 Å². The lowest BCUT2D eigenvalue weighted by Crippen LogP contribution is -2.64. The SMILES string of the molecule is CC1=C2CC[C@]2(C)[C@]23OC[C@](C)(C[C@@H]2C1=O)[C@@H]3O. The molecule has 98 valence electrons. The molecule has 0 aromatic heterocycles. The Morgan fingerprint density at radius 3 is 2.67 bits per heavy atom. The fraction of sp³-hybridized carbons (Fsp3) is 0.800. The van der Waals surface area contributed by atoms with Crippen LogP contribution in [0.15, 0.2) is 11.1 Å². The number of hydrogen-bond donors (Lipinski definition) is 1. The molecule has 0 aromatic carbocycles. The first-order valence-corrected chi connectivity index (χ1v) is 6.93. The van der Waals surface area contributed by atoms with E-state index in [0.29, 0.717) is 6.61 Å². The van der Waals surface area contributed by atoms with E-state index in [-0.39, 0.29) is 22.5 Å². The summed E-state index contributed by atoms with van der Waals surface area (Å²) in [5.41, 5.74) is 1.24. The molecule has 1 N–H and O–H groups in total. The average molecular weight is 248 g/mol. The number of Topliss-reactive ketones (excluding diaryl/α,β-unsaturated/α-hetero) is 1. The Hall–Kier alpha value is -0.670. The normalized spacial score (nSPS) is 57.4. The summed E-state index contributed by atoms with van der Waals surface area (Å²) in [5, 5.41) is 10.8. The smallest absolute Gasteiger partial charge is 0.164 e. The molecule has 4 aliphatic rings. The molecule has 1 aliphatic heterocycles. The lowest BCUT2D eigenvalue weighted by atomic mass is 9.48. The zero-order valence-corrected chi connectivity index (χ0v) is 11.2. The molecule has 2 bridgehead atoms. The maximum absolute atomic E-state index is 12.6. The maximum Gasteiger partial charge on any atom is 0.164 e. The van der Waals surface area contributed by atoms with E-state index in [1.165, 1.54) is 5.57 Å². The van der Waals surface area contributed by atoms with Gasteiger partial charge in [0.15, 0.2) is 5.78 Å². The van der Waals surface area contributed by atoms with Gasteiger partial charge < -0.3 is 9.84 Å². The quantitative estimate of drug-likeness (QED) is 0.711. The van der Waals surface area contributed by atoms with Gasteiger partial charge in [-0.25, -0.2) is 0 Å². The van der Waals surface area contributed by atoms with Crippen molar-refractivity contribution < 1.29 is 14.6 Å². The van der Waals surface area contributed by atoms with Crippen LogP contribution in [0.25, 0.3) is 0 Å². The van der Waals surface area contributed by atoms with Gasteiger partial charge in [0.05, 0.1) is 18.6 Å². The minimum Gasteiger partial charge on any atom is -0.389 e. The molecule has 0 aromatic rings. The fourth-order valence-electron chi connectivity index (χ4n) is 5.24. The molecule has 1 spiro atoms. The zero-order chi connectivity index (χ0) is 12.9. The summed E-state index contributed by atoms with van der Waals surface area (Å²) >= 11 is 0. The van der Waals surface area contributed by atoms with Crippen molar-refractivity contribution in [3.8, 4) is 0 Å². The van der Waals surface area contributed by atoms with E-state index in [1.807, 2.05) is 6.92 Å². The summed E-state index contributed by atoms with van der Waals surface area (Å²) in [5.74, 6) is 0.102. The fourth-order valence-corrected chi connectivity index (χ4v) is 5.24. The highest BCUT2D eigenvalue weighted by atomic mass is 16.5. The first-order valence-electron chi connectivity index (χ1n) is 6.93. The molecule has 3 nitrogen and oxygen atoms in total. The summed E-state index contributed by atoms with van der Waals surface area (Å²) in [7, 11) is 0. The molecular weight excluding hydrogens is 228 g/mol. The van der Waals surface area contributed by atoms with E-state index in [2.05, 4.69) is 13.8 Å². The van der Waals surface area contributed by atoms with Crippen molar-refractivity contribution in [2.24, 2.45) is 16.7 Å². The van der Waals surface area contributed by atoms with Gasteiger partial charge in [-0.05, 0) is 31.8 Å². The third-order valence-corrected chi connectivity index (χ3v) is 6.44. The molecule has 0 radical (unpaired) electrons. The summed E-state index contributed by atoms with van der Waals surface area (Å²) in [6, 6.07) is 0. The van der Waals surface area contributed by atoms with Crippen LogP contribution in [0.5, 0.6) is 0 Å². The second-order valence-electron chi connectivity index (χ2n) is 7.19. The molecule has 0 unspecified atom stereocenters. The monoisotopic (exact) mass is 248 g/mol. The van der Waals surface area contributed by atoms with Crippen LogP contribution in [0.1, 0.15) is 40.0 Å². The number of carbonyl (C=O) groups is 1. The standard InChI is InChI=1S/C15H20O3/c1-8-9-4-5-14(9,3)15-10(11(8)16)6-13(2,7-18-15)12(15)17/h10,12,17H,4-7H2,1-3H3/t10-,12+,13+,14+,15+/m1/s1. The summed E-state index contributed by atoms with van der Waals surface area (Å²) in [4.78, 5) is 12.6. The van der Waals surface area contributed by atoms with Gasteiger partial charge in [0.2, 0.25) is 0 Å². The molecule has 0 amide bonds. The minimum absolute atomic E-state index is 0.108. The van der Waals surface area contributed by atoms with Crippen molar-refractivity contribution in [3.05, 3.63) is 11.1 Å². The van der Waals surface area contributed by atoms with Crippen LogP contribution in [0, 0.1) is 16.7 Å². The van der Waals surface area contributed by atoms with E-state index in [9.17, 15) is 9.90 Å². The van der Waals surface area contributed by atoms with Gasteiger partial charge in [-0.2, -0.15) is 0 Å². The van der Waals surface area contributed by atoms with Crippen molar-refractivity contribution >= 4 is 5.78 Å². The lowest BCUT2D eigenvalue weighted by Gasteiger charge is -2.59. The van der Waals surface area contributed by atoms with E-state index < -0.39 is 11.7 Å². The minimum atomic E-state index is -0.619. The summed E-state index contributed by atoms with van der Waals surface area (Å²) < 4.78 is 6.11. The van der Waals surface area contributed by atoms with Crippen LogP contribution in [-0.2, 0) is 9.53 Å². The number of rotatable bonds is 0. The third-order valence-electron chi connectivity index (χ3n) is 6.44. The Morgan fingerprint density at radius 2 is 2.11 bits per heavy atom. The van der Waals surface area contributed by atoms with Gasteiger partial charge in [0.1, 0.15) is 5.60 Å². The van der Waals surface area contributed by atoms with Crippen LogP contribution in [-0.4, -0.2) is 29.2 Å². The van der Waals surface area contributed by atoms with Gasteiger partial charge in [-0.15, -0.1) is 0 Å². The molecule has 1 heterocycles. The van der Waals surface area contributed by atoms with Crippen LogP contribution in [0.4, 0.5) is 0 Å². The highest BCUT2D eigenvalue weighted by Crippen LogP contribution is 2.71. The number of aliphatic hydroxyl groups is 1. The number of allylic oxidation sites excluding steroid dienone is 1. The van der Waals surface area contributed by atoms with Gasteiger partial charge in [-0.3, -0.25) is 4.79 Å². The van der Waals surface area contributed by atoms with Gasteiger partial charge in [0, 0.05) is 10.8 Å². The third kappa shape index (κ3) is 0.810. The van der Waals surface area contributed by atoms with Crippen molar-refractivity contribution in [3.63, 3.8) is 0 Å². The second kappa shape index (κ2) is 2.75. The molecular formula is C15H20O3. The van der Waals surface area contributed by atoms with Crippen molar-refractivity contribution in [2.75, 3.05) is 6.61 Å². The predicted molar refractivity (Wildman–Crippen MR) is 66.0 cm³/mol. The molecule has 3 fully saturated rings. The lowest BCUT2D eigenvalue weighted by molar-refractivity contribution is -0.184. The van der Waals surface area contributed by atoms with Crippen LogP contribution in [0.2, 0.25) is 0 Å². The molecule has 1 saturated heterocycles. The number of ether oxygens (including phenoxy) is 1. The topological polar surface area (TPSA) is 46.5 Å². The predicted octanol–water partition coefficient (Wildman–Crippen LogP) is 1.84. The summed E-state index contributed by atoms with van der Waals surface area (Å²) in [6.45, 7) is 6.81. The molecule has 3 aliphatic carbocycles. The number of aliphatic hydroxyl groups excluding tert-OH is 1. The Balaban J connectivity index is 1.98. The van der Waals surface area contributed by atoms with E-state index in [0.717, 1.165) is 24.8 Å².